The normalized spacial score (nSPS) is 18.6. The summed E-state index contributed by atoms with van der Waals surface area (Å²) in [4.78, 5) is 0. The van der Waals surface area contributed by atoms with Crippen LogP contribution in [0.2, 0.25) is 0 Å². The third kappa shape index (κ3) is 7.75. The van der Waals surface area contributed by atoms with E-state index in [9.17, 15) is 5.11 Å². The Labute approximate surface area is 342 Å². The molecule has 0 bridgehead atoms. The van der Waals surface area contributed by atoms with Crippen LogP contribution in [0.3, 0.4) is 0 Å². The highest BCUT2D eigenvalue weighted by Gasteiger charge is 2.59. The van der Waals surface area contributed by atoms with Crippen LogP contribution in [0.25, 0.3) is 0 Å². The average Bonchev–Trinajstić information content (AvgIpc) is 3.60. The van der Waals surface area contributed by atoms with Gasteiger partial charge >= 0.3 is 15.1 Å². The summed E-state index contributed by atoms with van der Waals surface area (Å²) in [6, 6.07) is 74.0. The largest absolute Gasteiger partial charge is 0.393 e. The number of ether oxygens (including phenoxy) is 1. The van der Waals surface area contributed by atoms with Crippen molar-refractivity contribution in [1.82, 2.24) is 0 Å². The maximum Gasteiger partial charge on any atom is 0.377 e. The number of hydrogen-bond donors (Lipinski definition) is 1. The molecule has 2 nitrogen and oxygen atoms in total. The van der Waals surface area contributed by atoms with Gasteiger partial charge < -0.3 is 9.84 Å². The third-order valence-corrected chi connectivity index (χ3v) is 19.5. The fourth-order valence-electron chi connectivity index (χ4n) is 9.38. The van der Waals surface area contributed by atoms with Crippen molar-refractivity contribution in [2.75, 3.05) is 12.8 Å². The van der Waals surface area contributed by atoms with E-state index in [4.69, 9.17) is 19.9 Å². The Hall–Kier alpha value is -4.55. The highest BCUT2D eigenvalue weighted by atomic mass is 31.2. The third-order valence-electron chi connectivity index (χ3n) is 12.2. The second-order valence-electron chi connectivity index (χ2n) is 15.3. The van der Waals surface area contributed by atoms with Gasteiger partial charge in [0.25, 0.3) is 0 Å². The average molecular weight is 777 g/mol. The first-order valence-electron chi connectivity index (χ1n) is 20.0. The van der Waals surface area contributed by atoms with Crippen LogP contribution in [0.1, 0.15) is 29.5 Å². The van der Waals surface area contributed by atoms with Crippen molar-refractivity contribution in [2.45, 2.75) is 30.2 Å². The number of benzene rings is 7. The minimum atomic E-state index is -2.57. The number of aliphatic hydroxyl groups excluding tert-OH is 1. The van der Waals surface area contributed by atoms with Gasteiger partial charge in [0.1, 0.15) is 5.60 Å². The van der Waals surface area contributed by atoms with Crippen molar-refractivity contribution >= 4 is 50.6 Å². The van der Waals surface area contributed by atoms with Gasteiger partial charge in [-0.05, 0) is 77.6 Å². The van der Waals surface area contributed by atoms with E-state index in [1.165, 1.54) is 0 Å². The highest BCUT2D eigenvalue weighted by Crippen LogP contribution is 2.67. The van der Waals surface area contributed by atoms with E-state index >= 15 is 0 Å². The zero-order chi connectivity index (χ0) is 39.1. The Morgan fingerprint density at radius 2 is 0.807 bits per heavy atom. The van der Waals surface area contributed by atoms with E-state index in [1.54, 1.807) is 0 Å². The van der Waals surface area contributed by atoms with E-state index in [0.29, 0.717) is 25.6 Å². The van der Waals surface area contributed by atoms with Crippen LogP contribution in [-0.4, -0.2) is 44.8 Å². The van der Waals surface area contributed by atoms with Crippen LogP contribution in [0.4, 0.5) is 0 Å². The molecule has 1 saturated carbocycles. The monoisotopic (exact) mass is 776 g/mol. The second-order valence-corrected chi connectivity index (χ2v) is 21.7. The van der Waals surface area contributed by atoms with Crippen molar-refractivity contribution in [3.63, 3.8) is 0 Å². The van der Waals surface area contributed by atoms with Gasteiger partial charge in [-0.3, -0.25) is 0 Å². The summed E-state index contributed by atoms with van der Waals surface area (Å²) in [7, 11) is 10.9. The van der Waals surface area contributed by atoms with Gasteiger partial charge in [0.05, 0.1) is 39.1 Å². The standard InChI is InChI=1S/C51H48B2O2P2/c52-56(43-28-14-4-15-29-43,44-30-16-5-17-31-44)39-48-47(49(54)38-50(48)57(53,45-32-18-6-19-33-45)46-34-20-7-21-35-46)36-37-55-51(40-22-8-1-9-23-40,41-24-10-2-11-25-41)42-26-12-3-13-27-42/h1-35,47-50,54H,36-39H2/q+2/t47-,48-,49+,50+/m1/s1. The molecule has 4 atom stereocenters. The van der Waals surface area contributed by atoms with Crippen LogP contribution < -0.4 is 21.2 Å². The molecule has 1 fully saturated rings. The molecule has 8 rings (SSSR count). The minimum Gasteiger partial charge on any atom is -0.393 e. The SMILES string of the molecule is [B][P+](C[C@@H]1[C@@H](CCOC(c2ccccc2)(c2ccccc2)c2ccccc2)[C@@H](O)C[C@@H]1[P+]([B])(c1ccccc1)c1ccccc1)(c1ccccc1)c1ccccc1. The van der Waals surface area contributed by atoms with Gasteiger partial charge in [0, 0.05) is 33.2 Å². The zero-order valence-electron chi connectivity index (χ0n) is 32.2. The van der Waals surface area contributed by atoms with Gasteiger partial charge in [-0.15, -0.1) is 0 Å². The summed E-state index contributed by atoms with van der Waals surface area (Å²) in [6.07, 6.45) is 1.36. The van der Waals surface area contributed by atoms with Crippen molar-refractivity contribution in [3.05, 3.63) is 229 Å². The molecule has 1 aliphatic rings. The predicted molar refractivity (Wildman–Crippen MR) is 246 cm³/mol. The summed E-state index contributed by atoms with van der Waals surface area (Å²) in [6.45, 7) is 0.420. The molecule has 57 heavy (non-hydrogen) atoms. The van der Waals surface area contributed by atoms with Crippen LogP contribution in [0.5, 0.6) is 0 Å². The van der Waals surface area contributed by atoms with Crippen molar-refractivity contribution in [3.8, 4) is 0 Å². The Morgan fingerprint density at radius 1 is 0.474 bits per heavy atom. The summed E-state index contributed by atoms with van der Waals surface area (Å²) in [5.74, 6) is -0.110. The number of hydrogen-bond acceptors (Lipinski definition) is 2. The molecule has 278 valence electrons. The molecule has 6 heteroatoms. The summed E-state index contributed by atoms with van der Waals surface area (Å²) >= 11 is 0. The minimum absolute atomic E-state index is 0.000618. The molecule has 7 aromatic carbocycles. The van der Waals surface area contributed by atoms with Gasteiger partial charge in [-0.2, -0.15) is 0 Å². The molecule has 4 radical (unpaired) electrons. The molecule has 1 N–H and O–H groups in total. The van der Waals surface area contributed by atoms with Crippen LogP contribution in [0, 0.1) is 11.8 Å². The Bertz CT molecular complexity index is 2110. The summed E-state index contributed by atoms with van der Waals surface area (Å²) in [5, 5.41) is 17.1. The van der Waals surface area contributed by atoms with E-state index in [0.717, 1.165) is 37.9 Å². The van der Waals surface area contributed by atoms with Gasteiger partial charge in [-0.25, -0.2) is 0 Å². The summed E-state index contributed by atoms with van der Waals surface area (Å²) < 4.78 is 7.38. The molecule has 0 unspecified atom stereocenters. The zero-order valence-corrected chi connectivity index (χ0v) is 34.0. The first-order chi connectivity index (χ1) is 27.9. The lowest BCUT2D eigenvalue weighted by atomic mass is 9.80. The number of rotatable bonds is 14. The van der Waals surface area contributed by atoms with Gasteiger partial charge in [-0.1, -0.05) is 164 Å². The Kier molecular flexibility index (Phi) is 12.1. The maximum atomic E-state index is 12.5. The van der Waals surface area contributed by atoms with Crippen molar-refractivity contribution in [1.29, 1.82) is 0 Å². The first-order valence-corrected chi connectivity index (χ1v) is 24.0. The molecular formula is C51H48B2O2P2+2. The first kappa shape index (κ1) is 39.3. The van der Waals surface area contributed by atoms with E-state index in [2.05, 4.69) is 194 Å². The fourth-order valence-corrected chi connectivity index (χ4v) is 16.7. The quantitative estimate of drug-likeness (QED) is 0.0679. The van der Waals surface area contributed by atoms with Crippen molar-refractivity contribution in [2.24, 2.45) is 11.8 Å². The molecule has 0 spiro atoms. The molecule has 0 amide bonds. The lowest BCUT2D eigenvalue weighted by Gasteiger charge is -2.38. The van der Waals surface area contributed by atoms with Gasteiger partial charge in [0.15, 0.2) is 0 Å². The number of aliphatic hydroxyl groups is 1. The molecule has 1 aliphatic carbocycles. The molecule has 0 saturated heterocycles. The van der Waals surface area contributed by atoms with E-state index in [-0.39, 0.29) is 17.5 Å². The predicted octanol–water partition coefficient (Wildman–Crippen LogP) is 9.26. The maximum absolute atomic E-state index is 12.5. The smallest absolute Gasteiger partial charge is 0.377 e. The van der Waals surface area contributed by atoms with Crippen LogP contribution in [0.15, 0.2) is 212 Å². The Morgan fingerprint density at radius 3 is 1.18 bits per heavy atom. The topological polar surface area (TPSA) is 29.5 Å². The van der Waals surface area contributed by atoms with Gasteiger partial charge in [0.2, 0.25) is 0 Å². The second kappa shape index (κ2) is 17.5. The highest BCUT2D eigenvalue weighted by molar-refractivity contribution is 8.09. The van der Waals surface area contributed by atoms with E-state index in [1.807, 2.05) is 18.2 Å². The van der Waals surface area contributed by atoms with Crippen LogP contribution in [-0.2, 0) is 10.3 Å². The summed E-state index contributed by atoms with van der Waals surface area (Å²) in [5.41, 5.74) is 2.30. The molecular weight excluding hydrogens is 728 g/mol. The lowest BCUT2D eigenvalue weighted by molar-refractivity contribution is -0.00585. The molecule has 7 aromatic rings. The molecule has 0 aromatic heterocycles. The van der Waals surface area contributed by atoms with Crippen LogP contribution >= 0.6 is 14.3 Å². The fraction of sp³-hybridized carbons (Fsp3) is 0.176. The molecule has 0 heterocycles. The van der Waals surface area contributed by atoms with Crippen molar-refractivity contribution < 1.29 is 9.84 Å². The lowest BCUT2D eigenvalue weighted by Crippen LogP contribution is -2.39. The molecule has 0 aliphatic heterocycles. The van der Waals surface area contributed by atoms with E-state index < -0.39 is 26.0 Å². The Balaban J connectivity index is 1.24.